The Morgan fingerprint density at radius 3 is 1.94 bits per heavy atom. The lowest BCUT2D eigenvalue weighted by molar-refractivity contribution is -0.118. The van der Waals surface area contributed by atoms with E-state index in [9.17, 15) is 4.79 Å². The Labute approximate surface area is 106 Å². The van der Waals surface area contributed by atoms with Crippen molar-refractivity contribution < 1.29 is 4.79 Å². The average molecular weight is 236 g/mol. The van der Waals surface area contributed by atoms with Gasteiger partial charge in [0.25, 0.3) is 0 Å². The fourth-order valence-corrected chi connectivity index (χ4v) is 3.97. The van der Waals surface area contributed by atoms with Gasteiger partial charge in [0.15, 0.2) is 0 Å². The topological polar surface area (TPSA) is 17.1 Å². The summed E-state index contributed by atoms with van der Waals surface area (Å²) in [7, 11) is 0. The van der Waals surface area contributed by atoms with Crippen LogP contribution in [0.4, 0.5) is 0 Å². The molecule has 0 spiro atoms. The van der Waals surface area contributed by atoms with Gasteiger partial charge in [-0.25, -0.2) is 0 Å². The first-order valence-electron chi connectivity index (χ1n) is 7.73. The van der Waals surface area contributed by atoms with Crippen molar-refractivity contribution in [2.45, 2.75) is 77.6 Å². The zero-order valence-corrected chi connectivity index (χ0v) is 11.4. The summed E-state index contributed by atoms with van der Waals surface area (Å²) in [6.07, 6.45) is 15.2. The van der Waals surface area contributed by atoms with Gasteiger partial charge >= 0.3 is 0 Å². The van der Waals surface area contributed by atoms with Crippen molar-refractivity contribution in [3.63, 3.8) is 0 Å². The normalized spacial score (nSPS) is 31.4. The SMILES string of the molecule is CC(=O)CC1CCC(CC2CCCCC2)CC1. The highest BCUT2D eigenvalue weighted by Gasteiger charge is 2.25. The van der Waals surface area contributed by atoms with Crippen LogP contribution in [-0.4, -0.2) is 5.78 Å². The molecule has 2 aliphatic rings. The van der Waals surface area contributed by atoms with Gasteiger partial charge in [-0.2, -0.15) is 0 Å². The Kier molecular flexibility index (Phi) is 5.06. The molecule has 17 heavy (non-hydrogen) atoms. The van der Waals surface area contributed by atoms with Crippen molar-refractivity contribution in [2.24, 2.45) is 17.8 Å². The van der Waals surface area contributed by atoms with E-state index in [4.69, 9.17) is 0 Å². The molecule has 98 valence electrons. The second-order valence-electron chi connectivity index (χ2n) is 6.53. The van der Waals surface area contributed by atoms with Crippen LogP contribution in [0.2, 0.25) is 0 Å². The fourth-order valence-electron chi connectivity index (χ4n) is 3.97. The summed E-state index contributed by atoms with van der Waals surface area (Å²) in [4.78, 5) is 11.1. The standard InChI is InChI=1S/C16H28O/c1-13(17)11-15-7-9-16(10-8-15)12-14-5-3-2-4-6-14/h14-16H,2-12H2,1H3. The lowest BCUT2D eigenvalue weighted by Crippen LogP contribution is -2.19. The molecule has 1 heteroatoms. The second kappa shape index (κ2) is 6.56. The van der Waals surface area contributed by atoms with E-state index >= 15 is 0 Å². The largest absolute Gasteiger partial charge is 0.300 e. The Morgan fingerprint density at radius 1 is 0.824 bits per heavy atom. The molecule has 0 heterocycles. The highest BCUT2D eigenvalue weighted by molar-refractivity contribution is 5.75. The van der Waals surface area contributed by atoms with Gasteiger partial charge in [-0.1, -0.05) is 44.9 Å². The zero-order chi connectivity index (χ0) is 12.1. The van der Waals surface area contributed by atoms with E-state index in [0.29, 0.717) is 5.78 Å². The molecular formula is C16H28O. The first kappa shape index (κ1) is 13.1. The minimum atomic E-state index is 0.390. The van der Waals surface area contributed by atoms with Crippen LogP contribution < -0.4 is 0 Å². The maximum absolute atomic E-state index is 11.1. The quantitative estimate of drug-likeness (QED) is 0.689. The number of hydrogen-bond donors (Lipinski definition) is 0. The Hall–Kier alpha value is -0.330. The molecule has 0 aromatic rings. The summed E-state index contributed by atoms with van der Waals surface area (Å²) in [5, 5.41) is 0. The van der Waals surface area contributed by atoms with E-state index in [2.05, 4.69) is 0 Å². The van der Waals surface area contributed by atoms with Crippen LogP contribution in [-0.2, 0) is 4.79 Å². The predicted octanol–water partition coefficient (Wildman–Crippen LogP) is 4.74. The number of rotatable bonds is 4. The van der Waals surface area contributed by atoms with Gasteiger partial charge in [-0.3, -0.25) is 0 Å². The molecule has 1 nitrogen and oxygen atoms in total. The van der Waals surface area contributed by atoms with E-state index in [1.54, 1.807) is 6.92 Å². The van der Waals surface area contributed by atoms with Crippen molar-refractivity contribution in [3.05, 3.63) is 0 Å². The predicted molar refractivity (Wildman–Crippen MR) is 71.9 cm³/mol. The molecule has 0 unspecified atom stereocenters. The molecule has 0 bridgehead atoms. The third-order valence-electron chi connectivity index (χ3n) is 4.93. The summed E-state index contributed by atoms with van der Waals surface area (Å²) in [6, 6.07) is 0. The van der Waals surface area contributed by atoms with Gasteiger partial charge in [0, 0.05) is 6.42 Å². The van der Waals surface area contributed by atoms with E-state index in [-0.39, 0.29) is 0 Å². The monoisotopic (exact) mass is 236 g/mol. The first-order chi connectivity index (χ1) is 8.24. The van der Waals surface area contributed by atoms with Crippen LogP contribution in [0.25, 0.3) is 0 Å². The van der Waals surface area contributed by atoms with Crippen LogP contribution in [0.15, 0.2) is 0 Å². The molecule has 0 aliphatic heterocycles. The van der Waals surface area contributed by atoms with Crippen molar-refractivity contribution in [3.8, 4) is 0 Å². The summed E-state index contributed by atoms with van der Waals surface area (Å²) in [6.45, 7) is 1.74. The van der Waals surface area contributed by atoms with E-state index < -0.39 is 0 Å². The van der Waals surface area contributed by atoms with Gasteiger partial charge in [-0.05, 0) is 43.9 Å². The average Bonchev–Trinajstić information content (AvgIpc) is 2.32. The molecular weight excluding hydrogens is 208 g/mol. The number of hydrogen-bond acceptors (Lipinski definition) is 1. The first-order valence-corrected chi connectivity index (χ1v) is 7.73. The summed E-state index contributed by atoms with van der Waals surface area (Å²) >= 11 is 0. The van der Waals surface area contributed by atoms with Crippen LogP contribution in [0.1, 0.15) is 77.6 Å². The smallest absolute Gasteiger partial charge is 0.130 e. The maximum Gasteiger partial charge on any atom is 0.130 e. The summed E-state index contributed by atoms with van der Waals surface area (Å²) < 4.78 is 0. The minimum Gasteiger partial charge on any atom is -0.300 e. The van der Waals surface area contributed by atoms with Gasteiger partial charge in [-0.15, -0.1) is 0 Å². The van der Waals surface area contributed by atoms with Crippen molar-refractivity contribution in [1.82, 2.24) is 0 Å². The zero-order valence-electron chi connectivity index (χ0n) is 11.4. The molecule has 0 amide bonds. The van der Waals surface area contributed by atoms with Crippen LogP contribution >= 0.6 is 0 Å². The Balaban J connectivity index is 1.66. The van der Waals surface area contributed by atoms with Gasteiger partial charge in [0.05, 0.1) is 0 Å². The highest BCUT2D eigenvalue weighted by atomic mass is 16.1. The number of carbonyl (C=O) groups is 1. The number of carbonyl (C=O) groups excluding carboxylic acids is 1. The van der Waals surface area contributed by atoms with Crippen molar-refractivity contribution in [1.29, 1.82) is 0 Å². The van der Waals surface area contributed by atoms with E-state index in [1.165, 1.54) is 64.2 Å². The van der Waals surface area contributed by atoms with E-state index in [1.807, 2.05) is 0 Å². The number of ketones is 1. The lowest BCUT2D eigenvalue weighted by Gasteiger charge is -2.32. The maximum atomic E-state index is 11.1. The van der Waals surface area contributed by atoms with Crippen LogP contribution in [0, 0.1) is 17.8 Å². The molecule has 0 aromatic carbocycles. The molecule has 2 rings (SSSR count). The highest BCUT2D eigenvalue weighted by Crippen LogP contribution is 2.37. The summed E-state index contributed by atoms with van der Waals surface area (Å²) in [5.41, 5.74) is 0. The van der Waals surface area contributed by atoms with Gasteiger partial charge in [0.2, 0.25) is 0 Å². The van der Waals surface area contributed by atoms with E-state index in [0.717, 1.165) is 24.2 Å². The van der Waals surface area contributed by atoms with Crippen LogP contribution in [0.3, 0.4) is 0 Å². The molecule has 2 fully saturated rings. The van der Waals surface area contributed by atoms with Crippen molar-refractivity contribution >= 4 is 5.78 Å². The molecule has 0 N–H and O–H groups in total. The second-order valence-corrected chi connectivity index (χ2v) is 6.53. The van der Waals surface area contributed by atoms with Crippen molar-refractivity contribution in [2.75, 3.05) is 0 Å². The minimum absolute atomic E-state index is 0.390. The summed E-state index contributed by atoms with van der Waals surface area (Å²) in [5.74, 6) is 3.13. The fraction of sp³-hybridized carbons (Fsp3) is 0.938. The van der Waals surface area contributed by atoms with Gasteiger partial charge < -0.3 is 4.79 Å². The molecule has 0 atom stereocenters. The van der Waals surface area contributed by atoms with Crippen LogP contribution in [0.5, 0.6) is 0 Å². The Bertz CT molecular complexity index is 232. The Morgan fingerprint density at radius 2 is 1.35 bits per heavy atom. The lowest BCUT2D eigenvalue weighted by atomic mass is 9.74. The third kappa shape index (κ3) is 4.44. The molecule has 0 aromatic heterocycles. The molecule has 0 saturated heterocycles. The van der Waals surface area contributed by atoms with Gasteiger partial charge in [0.1, 0.15) is 5.78 Å². The molecule has 2 saturated carbocycles. The molecule has 2 aliphatic carbocycles. The number of Topliss-reactive ketones (excluding diaryl/α,β-unsaturated/α-hetero) is 1. The third-order valence-corrected chi connectivity index (χ3v) is 4.93. The molecule has 0 radical (unpaired) electrons.